The number of methoxy groups -OCH3 is 1. The molecule has 2 aromatic rings. The van der Waals surface area contributed by atoms with Crippen molar-refractivity contribution in [1.29, 1.82) is 0 Å². The first kappa shape index (κ1) is 21.4. The van der Waals surface area contributed by atoms with Crippen LogP contribution in [0.15, 0.2) is 24.3 Å². The number of hydrogen-bond acceptors (Lipinski definition) is 5. The van der Waals surface area contributed by atoms with Gasteiger partial charge in [0.2, 0.25) is 0 Å². The lowest BCUT2D eigenvalue weighted by Crippen LogP contribution is -2.37. The average Bonchev–Trinajstić information content (AvgIpc) is 3.05. The van der Waals surface area contributed by atoms with Crippen LogP contribution in [0.2, 0.25) is 0 Å². The molecule has 0 saturated heterocycles. The van der Waals surface area contributed by atoms with Crippen molar-refractivity contribution in [2.24, 2.45) is 0 Å². The Kier molecular flexibility index (Phi) is 6.62. The van der Waals surface area contributed by atoms with Gasteiger partial charge in [-0.3, -0.25) is 14.6 Å². The van der Waals surface area contributed by atoms with E-state index in [1.54, 1.807) is 12.0 Å². The lowest BCUT2D eigenvalue weighted by molar-refractivity contribution is 0.0576. The van der Waals surface area contributed by atoms with Crippen LogP contribution in [0.1, 0.15) is 64.7 Å². The van der Waals surface area contributed by atoms with E-state index in [4.69, 9.17) is 21.7 Å². The summed E-state index contributed by atoms with van der Waals surface area (Å²) in [7, 11) is 1.60. The third-order valence-corrected chi connectivity index (χ3v) is 5.28. The van der Waals surface area contributed by atoms with Gasteiger partial charge in [-0.2, -0.15) is 5.10 Å². The highest BCUT2D eigenvalue weighted by molar-refractivity contribution is 7.71. The minimum atomic E-state index is -0.609. The van der Waals surface area contributed by atoms with Gasteiger partial charge < -0.3 is 9.47 Å². The largest absolute Gasteiger partial charge is 0.497 e. The molecule has 0 radical (unpaired) electrons. The van der Waals surface area contributed by atoms with Crippen LogP contribution < -0.4 is 9.64 Å². The maximum Gasteiger partial charge on any atom is 0.415 e. The van der Waals surface area contributed by atoms with Crippen molar-refractivity contribution in [3.05, 3.63) is 34.9 Å². The summed E-state index contributed by atoms with van der Waals surface area (Å²) in [5, 5.41) is 7.36. The van der Waals surface area contributed by atoms with E-state index in [0.717, 1.165) is 18.7 Å². The van der Waals surface area contributed by atoms with E-state index >= 15 is 0 Å². The van der Waals surface area contributed by atoms with E-state index in [1.807, 2.05) is 45.0 Å². The summed E-state index contributed by atoms with van der Waals surface area (Å²) in [6.45, 7) is 5.82. The zero-order chi connectivity index (χ0) is 21.0. The number of anilines is 1. The number of hydrogen-bond donors (Lipinski definition) is 1. The van der Waals surface area contributed by atoms with Crippen molar-refractivity contribution in [2.75, 3.05) is 12.0 Å². The Hall–Kier alpha value is -2.35. The lowest BCUT2D eigenvalue weighted by Gasteiger charge is -2.29. The van der Waals surface area contributed by atoms with Gasteiger partial charge >= 0.3 is 6.09 Å². The van der Waals surface area contributed by atoms with E-state index in [9.17, 15) is 4.79 Å². The number of rotatable bonds is 5. The highest BCUT2D eigenvalue weighted by atomic mass is 32.1. The molecule has 0 spiro atoms. The number of H-pyrrole nitrogens is 1. The number of aromatic nitrogens is 3. The smallest absolute Gasteiger partial charge is 0.415 e. The molecule has 1 aromatic carbocycles. The minimum absolute atomic E-state index is 0.256. The summed E-state index contributed by atoms with van der Waals surface area (Å²) in [5.74, 6) is 1.40. The second-order valence-corrected chi connectivity index (χ2v) is 8.76. The molecular weight excluding hydrogens is 388 g/mol. The molecular formula is C21H30N4O3S. The highest BCUT2D eigenvalue weighted by Gasteiger charge is 2.27. The third kappa shape index (κ3) is 5.38. The highest BCUT2D eigenvalue weighted by Crippen LogP contribution is 2.30. The molecule has 8 heteroatoms. The minimum Gasteiger partial charge on any atom is -0.497 e. The van der Waals surface area contributed by atoms with Crippen LogP contribution in [-0.2, 0) is 11.3 Å². The Bertz CT molecular complexity index is 894. The van der Waals surface area contributed by atoms with Gasteiger partial charge in [-0.1, -0.05) is 25.3 Å². The van der Waals surface area contributed by atoms with Gasteiger partial charge in [0.15, 0.2) is 10.6 Å². The first-order chi connectivity index (χ1) is 13.8. The number of amides is 1. The number of carbonyl (C=O) groups is 1. The molecule has 0 bridgehead atoms. The topological polar surface area (TPSA) is 72.4 Å². The second kappa shape index (κ2) is 8.98. The van der Waals surface area contributed by atoms with E-state index in [-0.39, 0.29) is 6.54 Å². The summed E-state index contributed by atoms with van der Waals surface area (Å²) < 4.78 is 13.7. The van der Waals surface area contributed by atoms with Gasteiger partial charge in [0.1, 0.15) is 11.4 Å². The van der Waals surface area contributed by atoms with Crippen molar-refractivity contribution in [3.8, 4) is 5.75 Å². The number of benzene rings is 1. The van der Waals surface area contributed by atoms with Gasteiger partial charge in [0, 0.05) is 12.1 Å². The van der Waals surface area contributed by atoms with Crippen molar-refractivity contribution in [3.63, 3.8) is 0 Å². The summed E-state index contributed by atoms with van der Waals surface area (Å²) in [5.41, 5.74) is 0.0742. The van der Waals surface area contributed by atoms with Gasteiger partial charge in [0.25, 0.3) is 0 Å². The predicted molar refractivity (Wildman–Crippen MR) is 115 cm³/mol. The molecule has 1 N–H and O–H groups in total. The van der Waals surface area contributed by atoms with Crippen LogP contribution in [0, 0.1) is 4.77 Å². The quantitative estimate of drug-likeness (QED) is 0.659. The molecule has 0 atom stereocenters. The second-order valence-electron chi connectivity index (χ2n) is 8.37. The fourth-order valence-corrected chi connectivity index (χ4v) is 3.96. The van der Waals surface area contributed by atoms with Crippen LogP contribution in [0.4, 0.5) is 10.5 Å². The molecule has 0 aliphatic heterocycles. The van der Waals surface area contributed by atoms with Crippen LogP contribution in [-0.4, -0.2) is 33.6 Å². The number of ether oxygens (including phenoxy) is 2. The SMILES string of the molecule is COc1cccc(N(Cc2n[nH]c(=S)n2C2CCCCC2)C(=O)OC(C)(C)C)c1. The summed E-state index contributed by atoms with van der Waals surface area (Å²) in [4.78, 5) is 14.6. The predicted octanol–water partition coefficient (Wildman–Crippen LogP) is 5.40. The standard InChI is InChI=1S/C21H30N4O3S/c1-21(2,3)28-20(26)24(16-11-8-12-17(13-16)27-4)14-18-22-23-19(29)25(18)15-9-6-5-7-10-15/h8,11-13,15H,5-7,9-10,14H2,1-4H3,(H,23,29). The average molecular weight is 419 g/mol. The van der Waals surface area contributed by atoms with Gasteiger partial charge in [-0.25, -0.2) is 4.79 Å². The Morgan fingerprint density at radius 2 is 2.03 bits per heavy atom. The number of aromatic amines is 1. The Balaban J connectivity index is 1.95. The molecule has 1 amide bonds. The molecule has 1 saturated carbocycles. The van der Waals surface area contributed by atoms with Crippen molar-refractivity contribution in [1.82, 2.24) is 14.8 Å². The van der Waals surface area contributed by atoms with Crippen LogP contribution in [0.25, 0.3) is 0 Å². The third-order valence-electron chi connectivity index (χ3n) is 5.00. The Morgan fingerprint density at radius 3 is 2.69 bits per heavy atom. The summed E-state index contributed by atoms with van der Waals surface area (Å²) >= 11 is 5.51. The van der Waals surface area contributed by atoms with E-state index in [0.29, 0.717) is 22.2 Å². The Labute approximate surface area is 177 Å². The number of carbonyl (C=O) groups excluding carboxylic acids is 1. The normalized spacial score (nSPS) is 15.2. The monoisotopic (exact) mass is 418 g/mol. The number of nitrogens with one attached hydrogen (secondary N) is 1. The van der Waals surface area contributed by atoms with Gasteiger partial charge in [-0.05, 0) is 58.0 Å². The molecule has 158 valence electrons. The van der Waals surface area contributed by atoms with Crippen LogP contribution >= 0.6 is 12.2 Å². The zero-order valence-electron chi connectivity index (χ0n) is 17.6. The molecule has 3 rings (SSSR count). The van der Waals surface area contributed by atoms with Crippen LogP contribution in [0.3, 0.4) is 0 Å². The maximum absolute atomic E-state index is 13.0. The van der Waals surface area contributed by atoms with E-state index in [1.165, 1.54) is 19.3 Å². The molecule has 7 nitrogen and oxygen atoms in total. The van der Waals surface area contributed by atoms with Crippen molar-refractivity contribution in [2.45, 2.75) is 71.1 Å². The van der Waals surface area contributed by atoms with Crippen LogP contribution in [0.5, 0.6) is 5.75 Å². The van der Waals surface area contributed by atoms with Crippen molar-refractivity contribution >= 4 is 24.0 Å². The first-order valence-corrected chi connectivity index (χ1v) is 10.5. The number of nitrogens with zero attached hydrogens (tertiary/aromatic N) is 3. The van der Waals surface area contributed by atoms with E-state index < -0.39 is 11.7 Å². The summed E-state index contributed by atoms with van der Waals surface area (Å²) in [6, 6.07) is 7.68. The molecule has 1 aromatic heterocycles. The summed E-state index contributed by atoms with van der Waals surface area (Å²) in [6.07, 6.45) is 5.34. The van der Waals surface area contributed by atoms with Gasteiger partial charge in [-0.15, -0.1) is 0 Å². The molecule has 0 unspecified atom stereocenters. The molecule has 29 heavy (non-hydrogen) atoms. The zero-order valence-corrected chi connectivity index (χ0v) is 18.4. The van der Waals surface area contributed by atoms with Gasteiger partial charge in [0.05, 0.1) is 19.3 Å². The van der Waals surface area contributed by atoms with Crippen molar-refractivity contribution < 1.29 is 14.3 Å². The maximum atomic E-state index is 13.0. The molecule has 1 aliphatic carbocycles. The first-order valence-electron chi connectivity index (χ1n) is 10.1. The lowest BCUT2D eigenvalue weighted by atomic mass is 9.95. The Morgan fingerprint density at radius 1 is 1.31 bits per heavy atom. The van der Waals surface area contributed by atoms with E-state index in [2.05, 4.69) is 14.8 Å². The molecule has 1 fully saturated rings. The fraction of sp³-hybridized carbons (Fsp3) is 0.571. The molecule has 1 aliphatic rings. The molecule has 1 heterocycles. The fourth-order valence-electron chi connectivity index (χ4n) is 3.66.